The maximum atomic E-state index is 14.0. The molecule has 4 heterocycles. The van der Waals surface area contributed by atoms with Gasteiger partial charge in [-0.15, -0.1) is 0 Å². The molecule has 1 fully saturated rings. The Kier molecular flexibility index (Phi) is 5.03. The number of nitrogens with one attached hydrogen (secondary N) is 1. The van der Waals surface area contributed by atoms with Gasteiger partial charge in [-0.1, -0.05) is 6.07 Å². The molecule has 5 nitrogen and oxygen atoms in total. The van der Waals surface area contributed by atoms with Gasteiger partial charge in [-0.25, -0.2) is 4.39 Å². The number of benzene rings is 1. The van der Waals surface area contributed by atoms with Crippen LogP contribution >= 0.6 is 12.2 Å². The fraction of sp³-hybridized carbons (Fsp3) is 0.167. The summed E-state index contributed by atoms with van der Waals surface area (Å²) in [6.07, 6.45) is 5.49. The zero-order valence-corrected chi connectivity index (χ0v) is 17.7. The third-order valence-electron chi connectivity index (χ3n) is 5.59. The van der Waals surface area contributed by atoms with Crippen LogP contribution in [0, 0.1) is 12.7 Å². The first-order chi connectivity index (χ1) is 15.1. The molecule has 1 saturated heterocycles. The van der Waals surface area contributed by atoms with Gasteiger partial charge in [-0.3, -0.25) is 4.98 Å². The Balaban J connectivity index is 1.62. The van der Waals surface area contributed by atoms with Gasteiger partial charge in [0.2, 0.25) is 0 Å². The third kappa shape index (κ3) is 3.61. The van der Waals surface area contributed by atoms with E-state index in [1.54, 1.807) is 25.5 Å². The molecule has 0 amide bonds. The van der Waals surface area contributed by atoms with E-state index >= 15 is 0 Å². The Bertz CT molecular complexity index is 1210. The lowest BCUT2D eigenvalue weighted by Crippen LogP contribution is -2.30. The minimum absolute atomic E-state index is 0.163. The van der Waals surface area contributed by atoms with Gasteiger partial charge in [0.25, 0.3) is 0 Å². The van der Waals surface area contributed by atoms with Crippen molar-refractivity contribution < 1.29 is 8.81 Å². The van der Waals surface area contributed by atoms with Crippen molar-refractivity contribution in [2.24, 2.45) is 0 Å². The Hall–Kier alpha value is -3.45. The van der Waals surface area contributed by atoms with Crippen LogP contribution in [0.5, 0.6) is 0 Å². The van der Waals surface area contributed by atoms with Crippen molar-refractivity contribution in [1.82, 2.24) is 14.9 Å². The highest BCUT2D eigenvalue weighted by molar-refractivity contribution is 7.80. The van der Waals surface area contributed by atoms with E-state index in [0.717, 1.165) is 22.8 Å². The van der Waals surface area contributed by atoms with Crippen LogP contribution in [0.1, 0.15) is 34.8 Å². The molecule has 7 heteroatoms. The monoisotopic (exact) mass is 432 g/mol. The predicted molar refractivity (Wildman–Crippen MR) is 121 cm³/mol. The number of aromatic nitrogens is 2. The highest BCUT2D eigenvalue weighted by Gasteiger charge is 2.42. The van der Waals surface area contributed by atoms with E-state index in [1.165, 1.54) is 6.07 Å². The van der Waals surface area contributed by atoms with Crippen LogP contribution in [0.15, 0.2) is 83.7 Å². The molecule has 156 valence electrons. The fourth-order valence-corrected chi connectivity index (χ4v) is 4.47. The summed E-state index contributed by atoms with van der Waals surface area (Å²) in [6, 6.07) is 18.6. The molecule has 2 atom stereocenters. The first kappa shape index (κ1) is 19.5. The van der Waals surface area contributed by atoms with Crippen LogP contribution in [0.25, 0.3) is 0 Å². The molecule has 0 radical (unpaired) electrons. The van der Waals surface area contributed by atoms with Gasteiger partial charge in [0.1, 0.15) is 17.6 Å². The van der Waals surface area contributed by atoms with Gasteiger partial charge in [0.15, 0.2) is 5.11 Å². The zero-order valence-electron chi connectivity index (χ0n) is 16.9. The molecular weight excluding hydrogens is 411 g/mol. The van der Waals surface area contributed by atoms with Crippen LogP contribution in [0.2, 0.25) is 0 Å². The maximum Gasteiger partial charge on any atom is 0.174 e. The molecule has 1 aromatic carbocycles. The van der Waals surface area contributed by atoms with E-state index in [4.69, 9.17) is 16.6 Å². The molecular formula is C24H21FN4OS. The smallest absolute Gasteiger partial charge is 0.174 e. The van der Waals surface area contributed by atoms with Crippen molar-refractivity contribution in [1.29, 1.82) is 0 Å². The maximum absolute atomic E-state index is 14.0. The van der Waals surface area contributed by atoms with Gasteiger partial charge in [0.05, 0.1) is 24.5 Å². The summed E-state index contributed by atoms with van der Waals surface area (Å²) in [5.41, 5.74) is 3.36. The number of furan rings is 1. The van der Waals surface area contributed by atoms with Gasteiger partial charge < -0.3 is 19.2 Å². The van der Waals surface area contributed by atoms with Crippen LogP contribution in [-0.4, -0.2) is 14.7 Å². The molecule has 1 N–H and O–H groups in total. The van der Waals surface area contributed by atoms with Crippen molar-refractivity contribution in [3.63, 3.8) is 0 Å². The third-order valence-corrected chi connectivity index (χ3v) is 5.91. The first-order valence-corrected chi connectivity index (χ1v) is 10.5. The summed E-state index contributed by atoms with van der Waals surface area (Å²) >= 11 is 5.75. The lowest BCUT2D eigenvalue weighted by Gasteiger charge is -2.29. The molecule has 0 bridgehead atoms. The van der Waals surface area contributed by atoms with Crippen LogP contribution in [-0.2, 0) is 6.54 Å². The summed E-state index contributed by atoms with van der Waals surface area (Å²) < 4.78 is 21.7. The number of aryl methyl sites for hydroxylation is 1. The molecule has 0 aliphatic carbocycles. The molecule has 1 aliphatic heterocycles. The SMILES string of the molecule is Cc1cc(N2C(=S)NC(c3ccccn3)C2c2cccn2Cc2ccco2)ccc1F. The first-order valence-electron chi connectivity index (χ1n) is 10.1. The Morgan fingerprint density at radius 2 is 2.03 bits per heavy atom. The van der Waals surface area contributed by atoms with Gasteiger partial charge >= 0.3 is 0 Å². The summed E-state index contributed by atoms with van der Waals surface area (Å²) in [5.74, 6) is 0.630. The molecule has 31 heavy (non-hydrogen) atoms. The Labute approximate surface area is 185 Å². The molecule has 4 aromatic rings. The molecule has 3 aromatic heterocycles. The van der Waals surface area contributed by atoms with Crippen molar-refractivity contribution in [2.75, 3.05) is 4.90 Å². The largest absolute Gasteiger partial charge is 0.467 e. The van der Waals surface area contributed by atoms with Gasteiger partial charge in [0, 0.05) is 23.8 Å². The number of hydrogen-bond donors (Lipinski definition) is 1. The fourth-order valence-electron chi connectivity index (χ4n) is 4.12. The minimum atomic E-state index is -0.235. The molecule has 0 saturated carbocycles. The standard InChI is InChI=1S/C24H21FN4OS/c1-16-14-17(9-10-19(16)25)29-23(22(27-24(29)31)20-7-2-3-11-26-20)21-8-4-12-28(21)15-18-6-5-13-30-18/h2-14,22-23H,15H2,1H3,(H,27,31). The van der Waals surface area contributed by atoms with E-state index in [1.807, 2.05) is 48.7 Å². The normalized spacial score (nSPS) is 18.4. The highest BCUT2D eigenvalue weighted by atomic mass is 32.1. The summed E-state index contributed by atoms with van der Waals surface area (Å²) in [6.45, 7) is 2.36. The summed E-state index contributed by atoms with van der Waals surface area (Å²) in [4.78, 5) is 6.63. The van der Waals surface area contributed by atoms with Crippen LogP contribution < -0.4 is 10.2 Å². The summed E-state index contributed by atoms with van der Waals surface area (Å²) in [7, 11) is 0. The lowest BCUT2D eigenvalue weighted by atomic mass is 10.0. The van der Waals surface area contributed by atoms with E-state index in [-0.39, 0.29) is 17.9 Å². The van der Waals surface area contributed by atoms with E-state index in [0.29, 0.717) is 17.2 Å². The van der Waals surface area contributed by atoms with Gasteiger partial charge in [-0.05, 0) is 79.3 Å². The number of thiocarbonyl (C=S) groups is 1. The average molecular weight is 433 g/mol. The second kappa shape index (κ2) is 8.00. The second-order valence-corrected chi connectivity index (χ2v) is 7.96. The Morgan fingerprint density at radius 1 is 1.13 bits per heavy atom. The summed E-state index contributed by atoms with van der Waals surface area (Å²) in [5, 5.41) is 4.02. The topological polar surface area (TPSA) is 46.2 Å². The number of hydrogen-bond acceptors (Lipinski definition) is 3. The van der Waals surface area contributed by atoms with Crippen molar-refractivity contribution in [3.05, 3.63) is 108 Å². The van der Waals surface area contributed by atoms with E-state index < -0.39 is 0 Å². The lowest BCUT2D eigenvalue weighted by molar-refractivity contribution is 0.475. The molecule has 0 spiro atoms. The molecule has 5 rings (SSSR count). The van der Waals surface area contributed by atoms with Crippen molar-refractivity contribution >= 4 is 23.0 Å². The van der Waals surface area contributed by atoms with Crippen LogP contribution in [0.4, 0.5) is 10.1 Å². The minimum Gasteiger partial charge on any atom is -0.467 e. The quantitative estimate of drug-likeness (QED) is 0.442. The zero-order chi connectivity index (χ0) is 21.4. The number of pyridine rings is 1. The highest BCUT2D eigenvalue weighted by Crippen LogP contribution is 2.42. The number of rotatable bonds is 5. The van der Waals surface area contributed by atoms with E-state index in [2.05, 4.69) is 25.8 Å². The molecule has 1 aliphatic rings. The van der Waals surface area contributed by atoms with Gasteiger partial charge in [-0.2, -0.15) is 0 Å². The van der Waals surface area contributed by atoms with Crippen molar-refractivity contribution in [3.8, 4) is 0 Å². The number of nitrogens with zero attached hydrogens (tertiary/aromatic N) is 3. The predicted octanol–water partition coefficient (Wildman–Crippen LogP) is 5.15. The second-order valence-electron chi connectivity index (χ2n) is 7.57. The Morgan fingerprint density at radius 3 is 2.77 bits per heavy atom. The molecule has 2 unspecified atom stereocenters. The average Bonchev–Trinajstić information content (AvgIpc) is 3.52. The van der Waals surface area contributed by atoms with E-state index in [9.17, 15) is 4.39 Å². The number of anilines is 1. The van der Waals surface area contributed by atoms with Crippen molar-refractivity contribution in [2.45, 2.75) is 25.6 Å². The number of halogens is 1. The van der Waals surface area contributed by atoms with Crippen LogP contribution in [0.3, 0.4) is 0 Å².